The summed E-state index contributed by atoms with van der Waals surface area (Å²) in [4.78, 5) is 2.52. The summed E-state index contributed by atoms with van der Waals surface area (Å²) in [6.07, 6.45) is 1.14. The highest BCUT2D eigenvalue weighted by atomic mass is 16.5. The number of ether oxygens (including phenoxy) is 1. The molecule has 4 heteroatoms. The second kappa shape index (κ2) is 3.32. The third-order valence-electron chi connectivity index (χ3n) is 3.61. The van der Waals surface area contributed by atoms with Crippen LogP contribution in [0.2, 0.25) is 0 Å². The van der Waals surface area contributed by atoms with Gasteiger partial charge in [-0.25, -0.2) is 0 Å². The van der Waals surface area contributed by atoms with Crippen LogP contribution < -0.4 is 0 Å². The van der Waals surface area contributed by atoms with Crippen LogP contribution in [0.5, 0.6) is 0 Å². The fraction of sp³-hybridized carbons (Fsp3) is 0.727. The Morgan fingerprint density at radius 1 is 1.40 bits per heavy atom. The van der Waals surface area contributed by atoms with Crippen molar-refractivity contribution in [1.29, 1.82) is 0 Å². The van der Waals surface area contributed by atoms with Crippen molar-refractivity contribution in [1.82, 2.24) is 14.7 Å². The zero-order valence-electron chi connectivity index (χ0n) is 9.36. The van der Waals surface area contributed by atoms with Crippen molar-refractivity contribution in [2.75, 3.05) is 19.8 Å². The molecule has 3 rings (SSSR count). The first-order valence-corrected chi connectivity index (χ1v) is 5.59. The largest absolute Gasteiger partial charge is 0.378 e. The first kappa shape index (κ1) is 9.36. The second-order valence-electron chi connectivity index (χ2n) is 4.55. The topological polar surface area (TPSA) is 30.3 Å². The minimum Gasteiger partial charge on any atom is -0.378 e. The Balaban J connectivity index is 1.85. The molecule has 0 atom stereocenters. The zero-order chi connectivity index (χ0) is 10.4. The predicted octanol–water partition coefficient (Wildman–Crippen LogP) is 0.485. The van der Waals surface area contributed by atoms with Crippen molar-refractivity contribution < 1.29 is 4.74 Å². The van der Waals surface area contributed by atoms with E-state index in [1.807, 2.05) is 11.7 Å². The lowest BCUT2D eigenvalue weighted by Gasteiger charge is -2.39. The van der Waals surface area contributed by atoms with E-state index in [1.165, 1.54) is 17.0 Å². The summed E-state index contributed by atoms with van der Waals surface area (Å²) in [5.41, 5.74) is 4.07. The molecule has 82 valence electrons. The summed E-state index contributed by atoms with van der Waals surface area (Å²) < 4.78 is 7.29. The number of nitrogens with zero attached hydrogens (tertiary/aromatic N) is 3. The van der Waals surface area contributed by atoms with Crippen LogP contribution in [0.25, 0.3) is 0 Å². The molecular formula is C11H17N3O. The van der Waals surface area contributed by atoms with Gasteiger partial charge in [0.15, 0.2) is 0 Å². The monoisotopic (exact) mass is 207 g/mol. The van der Waals surface area contributed by atoms with Crippen LogP contribution in [0, 0.1) is 6.92 Å². The smallest absolute Gasteiger partial charge is 0.0645 e. The minimum absolute atomic E-state index is 0.647. The maximum atomic E-state index is 5.25. The van der Waals surface area contributed by atoms with Crippen LogP contribution in [-0.2, 0) is 24.8 Å². The molecule has 1 aromatic rings. The van der Waals surface area contributed by atoms with Crippen LogP contribution in [0.4, 0.5) is 0 Å². The van der Waals surface area contributed by atoms with Gasteiger partial charge in [0.2, 0.25) is 0 Å². The molecule has 1 aromatic heterocycles. The first-order valence-electron chi connectivity index (χ1n) is 5.59. The zero-order valence-corrected chi connectivity index (χ0v) is 9.36. The van der Waals surface area contributed by atoms with Gasteiger partial charge in [0.05, 0.1) is 30.6 Å². The third-order valence-corrected chi connectivity index (χ3v) is 3.61. The van der Waals surface area contributed by atoms with E-state index >= 15 is 0 Å². The van der Waals surface area contributed by atoms with Crippen molar-refractivity contribution in [3.63, 3.8) is 0 Å². The number of aromatic nitrogens is 2. The number of fused-ring (bicyclic) bond motifs is 1. The van der Waals surface area contributed by atoms with E-state index in [1.54, 1.807) is 0 Å². The molecule has 0 amide bonds. The molecular weight excluding hydrogens is 190 g/mol. The van der Waals surface area contributed by atoms with Crippen LogP contribution in [-0.4, -0.2) is 40.5 Å². The van der Waals surface area contributed by atoms with Crippen molar-refractivity contribution in [2.45, 2.75) is 25.9 Å². The molecule has 0 aliphatic carbocycles. The molecule has 15 heavy (non-hydrogen) atoms. The molecule has 0 unspecified atom stereocenters. The van der Waals surface area contributed by atoms with Crippen molar-refractivity contribution >= 4 is 0 Å². The summed E-state index contributed by atoms with van der Waals surface area (Å²) in [6.45, 7) is 6.13. The van der Waals surface area contributed by atoms with Crippen molar-refractivity contribution in [3.05, 3.63) is 17.0 Å². The quantitative estimate of drug-likeness (QED) is 0.671. The summed E-state index contributed by atoms with van der Waals surface area (Å²) in [7, 11) is 2.05. The predicted molar refractivity (Wildman–Crippen MR) is 56.7 cm³/mol. The van der Waals surface area contributed by atoms with Gasteiger partial charge in [-0.05, 0) is 18.9 Å². The van der Waals surface area contributed by atoms with Crippen LogP contribution in [0.3, 0.4) is 0 Å². The molecule has 0 bridgehead atoms. The van der Waals surface area contributed by atoms with E-state index in [2.05, 4.69) is 16.9 Å². The Morgan fingerprint density at radius 2 is 2.20 bits per heavy atom. The van der Waals surface area contributed by atoms with Crippen LogP contribution >= 0.6 is 0 Å². The van der Waals surface area contributed by atoms with E-state index in [0.717, 1.165) is 32.7 Å². The Labute approximate surface area is 89.8 Å². The Hall–Kier alpha value is -0.870. The molecule has 1 saturated heterocycles. The summed E-state index contributed by atoms with van der Waals surface area (Å²) in [6, 6.07) is 0.647. The third kappa shape index (κ3) is 1.40. The van der Waals surface area contributed by atoms with E-state index < -0.39 is 0 Å². The lowest BCUT2D eigenvalue weighted by molar-refractivity contribution is -0.0701. The molecule has 3 heterocycles. The molecule has 2 aliphatic rings. The standard InChI is InChI=1S/C11H17N3O/c1-8-10-3-4-14(9-6-15-7-9)5-11(10)13(2)12-8/h9H,3-7H2,1-2H3. The fourth-order valence-corrected chi connectivity index (χ4v) is 2.55. The second-order valence-corrected chi connectivity index (χ2v) is 4.55. The van der Waals surface area contributed by atoms with Crippen LogP contribution in [0.1, 0.15) is 17.0 Å². The lowest BCUT2D eigenvalue weighted by atomic mass is 10.0. The van der Waals surface area contributed by atoms with Gasteiger partial charge < -0.3 is 4.74 Å². The molecule has 0 N–H and O–H groups in total. The van der Waals surface area contributed by atoms with Gasteiger partial charge in [-0.15, -0.1) is 0 Å². The summed E-state index contributed by atoms with van der Waals surface area (Å²) in [5, 5.41) is 4.49. The lowest BCUT2D eigenvalue weighted by Crippen LogP contribution is -2.50. The molecule has 2 aliphatic heterocycles. The number of aryl methyl sites for hydroxylation is 2. The molecule has 0 spiro atoms. The average Bonchev–Trinajstić information content (AvgIpc) is 2.40. The van der Waals surface area contributed by atoms with Gasteiger partial charge in [-0.1, -0.05) is 0 Å². The van der Waals surface area contributed by atoms with Crippen molar-refractivity contribution in [3.8, 4) is 0 Å². The fourth-order valence-electron chi connectivity index (χ4n) is 2.55. The summed E-state index contributed by atoms with van der Waals surface area (Å²) in [5.74, 6) is 0. The van der Waals surface area contributed by atoms with E-state index in [9.17, 15) is 0 Å². The van der Waals surface area contributed by atoms with Crippen LogP contribution in [0.15, 0.2) is 0 Å². The van der Waals surface area contributed by atoms with Crippen molar-refractivity contribution in [2.24, 2.45) is 7.05 Å². The maximum absolute atomic E-state index is 5.25. The van der Waals surface area contributed by atoms with E-state index in [0.29, 0.717) is 6.04 Å². The number of hydrogen-bond donors (Lipinski definition) is 0. The highest BCUT2D eigenvalue weighted by Gasteiger charge is 2.30. The Morgan fingerprint density at radius 3 is 2.87 bits per heavy atom. The van der Waals surface area contributed by atoms with E-state index in [4.69, 9.17) is 4.74 Å². The highest BCUT2D eigenvalue weighted by Crippen LogP contribution is 2.24. The van der Waals surface area contributed by atoms with E-state index in [-0.39, 0.29) is 0 Å². The molecule has 0 radical (unpaired) electrons. The normalized spacial score (nSPS) is 22.5. The maximum Gasteiger partial charge on any atom is 0.0645 e. The number of rotatable bonds is 1. The van der Waals surface area contributed by atoms with Gasteiger partial charge in [-0.3, -0.25) is 9.58 Å². The average molecular weight is 207 g/mol. The van der Waals surface area contributed by atoms with Gasteiger partial charge in [0.1, 0.15) is 0 Å². The SMILES string of the molecule is Cc1nn(C)c2c1CCN(C1COC1)C2. The molecule has 0 saturated carbocycles. The first-order chi connectivity index (χ1) is 7.25. The summed E-state index contributed by atoms with van der Waals surface area (Å²) >= 11 is 0. The minimum atomic E-state index is 0.647. The van der Waals surface area contributed by atoms with Gasteiger partial charge in [0.25, 0.3) is 0 Å². The molecule has 4 nitrogen and oxygen atoms in total. The van der Waals surface area contributed by atoms with Gasteiger partial charge in [0, 0.05) is 20.1 Å². The van der Waals surface area contributed by atoms with Gasteiger partial charge in [-0.2, -0.15) is 5.10 Å². The Bertz CT molecular complexity index is 381. The number of hydrogen-bond acceptors (Lipinski definition) is 3. The van der Waals surface area contributed by atoms with Gasteiger partial charge >= 0.3 is 0 Å². The molecule has 0 aromatic carbocycles. The Kier molecular flexibility index (Phi) is 2.07. The molecule has 1 fully saturated rings. The highest BCUT2D eigenvalue weighted by molar-refractivity contribution is 5.28.